The molecule has 17 heteroatoms. The van der Waals surface area contributed by atoms with Crippen molar-refractivity contribution in [3.05, 3.63) is 125 Å². The number of aryl methyl sites for hydroxylation is 1. The summed E-state index contributed by atoms with van der Waals surface area (Å²) in [6, 6.07) is 28.9. The van der Waals surface area contributed by atoms with Crippen molar-refractivity contribution < 1.29 is 33.4 Å². The number of rotatable bonds is 14. The van der Waals surface area contributed by atoms with Crippen LogP contribution in [-0.2, 0) is 39.1 Å². The summed E-state index contributed by atoms with van der Waals surface area (Å²) in [7, 11) is 1.81. The fourth-order valence-electron chi connectivity index (χ4n) is 10.3. The monoisotopic (exact) mass is 1000 g/mol. The van der Waals surface area contributed by atoms with Crippen LogP contribution in [0.1, 0.15) is 102 Å². The largest absolute Gasteiger partial charge is 0.493 e. The van der Waals surface area contributed by atoms with E-state index < -0.39 is 17.5 Å². The first-order valence-electron chi connectivity index (χ1n) is 25.0. The van der Waals surface area contributed by atoms with Crippen molar-refractivity contribution >= 4 is 78.7 Å². The number of nitrogens with one attached hydrogen (secondary N) is 3. The first-order chi connectivity index (χ1) is 35.1. The molecular weight excluding hydrogens is 943 g/mol. The maximum Gasteiger partial charge on any atom is 0.358 e. The smallest absolute Gasteiger partial charge is 0.358 e. The van der Waals surface area contributed by atoms with Gasteiger partial charge in [-0.1, -0.05) is 47.7 Å². The van der Waals surface area contributed by atoms with Gasteiger partial charge in [-0.2, -0.15) is 5.10 Å². The molecule has 2 fully saturated rings. The second kappa shape index (κ2) is 20.5. The molecule has 3 aliphatic heterocycles. The molecule has 0 radical (unpaired) electrons. The molecule has 3 aliphatic rings. The standard InChI is InChI=1S/C56H59N9O7S/c1-33-37(13-9-16-45(33)71-28-10-11-34-24-26-64(30-34)32-49(67)57-36-18-19-40-44(29-36)63(5)62-50(40)41-21-23-48(66)60-53(41)69)38-20-22-47(59-51(38)54(70)72-56(2,3)4)65-27-25-35-12-8-14-39(42(35)31-65)52(68)61-55-58-43-15-6-7-17-46(43)73-55/h6-9,12-20,22,29,34,41H,10-11,21,23-28,30-32H2,1-5H3,(H,57,67)(H,58,61,68)(H,60,66,69)/t34-,41?/m1/s1. The number of fused-ring (bicyclic) bond motifs is 3. The molecule has 16 nitrogen and oxygen atoms in total. The minimum absolute atomic E-state index is 0.0968. The van der Waals surface area contributed by atoms with E-state index in [0.717, 1.165) is 81.5 Å². The van der Waals surface area contributed by atoms with E-state index in [1.54, 1.807) is 11.7 Å². The van der Waals surface area contributed by atoms with E-state index in [4.69, 9.17) is 14.5 Å². The number of carbonyl (C=O) groups is 5. The number of thiazole rings is 1. The highest BCUT2D eigenvalue weighted by molar-refractivity contribution is 7.22. The number of benzene rings is 4. The molecular formula is C56H59N9O7S. The summed E-state index contributed by atoms with van der Waals surface area (Å²) in [4.78, 5) is 79.2. The Bertz CT molecular complexity index is 3270. The Hall–Kier alpha value is -7.50. The zero-order chi connectivity index (χ0) is 51.0. The Labute approximate surface area is 427 Å². The molecule has 0 saturated carbocycles. The number of hydrogen-bond donors (Lipinski definition) is 3. The molecule has 3 N–H and O–H groups in total. The van der Waals surface area contributed by atoms with Crippen LogP contribution < -0.4 is 25.6 Å². The highest BCUT2D eigenvalue weighted by Gasteiger charge is 2.33. The summed E-state index contributed by atoms with van der Waals surface area (Å²) in [6.45, 7) is 11.0. The molecule has 7 aromatic rings. The molecule has 4 amide bonds. The maximum absolute atomic E-state index is 14.0. The quantitative estimate of drug-likeness (QED) is 0.0534. The van der Waals surface area contributed by atoms with Gasteiger partial charge in [0.15, 0.2) is 10.8 Å². The minimum Gasteiger partial charge on any atom is -0.493 e. The number of para-hydroxylation sites is 1. The molecule has 3 aromatic heterocycles. The van der Waals surface area contributed by atoms with E-state index in [1.165, 1.54) is 11.3 Å². The average Bonchev–Trinajstić information content (AvgIpc) is 4.08. The first-order valence-corrected chi connectivity index (χ1v) is 25.8. The van der Waals surface area contributed by atoms with Gasteiger partial charge in [0.2, 0.25) is 17.7 Å². The highest BCUT2D eigenvalue weighted by atomic mass is 32.1. The summed E-state index contributed by atoms with van der Waals surface area (Å²) in [6.07, 6.45) is 4.17. The number of imide groups is 1. The minimum atomic E-state index is -0.755. The fraction of sp³-hybridized carbons (Fsp3) is 0.357. The van der Waals surface area contributed by atoms with E-state index in [2.05, 4.69) is 41.9 Å². The number of esters is 1. The number of carbonyl (C=O) groups excluding carboxylic acids is 5. The molecule has 2 saturated heterocycles. The van der Waals surface area contributed by atoms with Crippen molar-refractivity contribution in [3.63, 3.8) is 0 Å². The summed E-state index contributed by atoms with van der Waals surface area (Å²) in [5, 5.41) is 14.5. The Balaban J connectivity index is 0.757. The Morgan fingerprint density at radius 1 is 0.890 bits per heavy atom. The van der Waals surface area contributed by atoms with E-state index >= 15 is 0 Å². The van der Waals surface area contributed by atoms with Crippen molar-refractivity contribution in [3.8, 4) is 16.9 Å². The lowest BCUT2D eigenvalue weighted by Crippen LogP contribution is -2.39. The number of pyridine rings is 1. The van der Waals surface area contributed by atoms with Gasteiger partial charge in [-0.05, 0) is 149 Å². The van der Waals surface area contributed by atoms with Crippen LogP contribution in [0.4, 0.5) is 16.6 Å². The van der Waals surface area contributed by atoms with Gasteiger partial charge in [0, 0.05) is 55.3 Å². The zero-order valence-corrected chi connectivity index (χ0v) is 42.6. The molecule has 2 atom stereocenters. The molecule has 10 rings (SSSR count). The normalized spacial score (nSPS) is 17.1. The van der Waals surface area contributed by atoms with Gasteiger partial charge >= 0.3 is 5.97 Å². The van der Waals surface area contributed by atoms with Gasteiger partial charge in [-0.15, -0.1) is 0 Å². The fourth-order valence-corrected chi connectivity index (χ4v) is 11.2. The van der Waals surface area contributed by atoms with Crippen LogP contribution in [-0.4, -0.2) is 92.6 Å². The number of likely N-dealkylation sites (tertiary alicyclic amines) is 1. The third-order valence-electron chi connectivity index (χ3n) is 13.9. The molecule has 1 unspecified atom stereocenters. The lowest BCUT2D eigenvalue weighted by molar-refractivity contribution is -0.134. The van der Waals surface area contributed by atoms with Crippen molar-refractivity contribution in [2.24, 2.45) is 13.0 Å². The van der Waals surface area contributed by atoms with Crippen LogP contribution in [0.3, 0.4) is 0 Å². The second-order valence-electron chi connectivity index (χ2n) is 20.2. The van der Waals surface area contributed by atoms with E-state index in [0.29, 0.717) is 71.9 Å². The summed E-state index contributed by atoms with van der Waals surface area (Å²) in [5.41, 5.74) is 7.29. The first kappa shape index (κ1) is 49.1. The number of aromatic nitrogens is 4. The number of piperidine rings is 1. The van der Waals surface area contributed by atoms with Crippen molar-refractivity contribution in [1.82, 2.24) is 30.0 Å². The maximum atomic E-state index is 14.0. The summed E-state index contributed by atoms with van der Waals surface area (Å²) in [5.74, 6) is -0.172. The zero-order valence-electron chi connectivity index (χ0n) is 41.7. The summed E-state index contributed by atoms with van der Waals surface area (Å²) < 4.78 is 15.1. The molecule has 0 aliphatic carbocycles. The van der Waals surface area contributed by atoms with Crippen LogP contribution in [0, 0.1) is 12.8 Å². The number of hydrogen-bond acceptors (Lipinski definition) is 13. The molecule has 73 heavy (non-hydrogen) atoms. The topological polar surface area (TPSA) is 190 Å². The predicted octanol–water partition coefficient (Wildman–Crippen LogP) is 8.96. The molecule has 4 aromatic carbocycles. The number of nitrogens with zero attached hydrogens (tertiary/aromatic N) is 6. The predicted molar refractivity (Wildman–Crippen MR) is 282 cm³/mol. The van der Waals surface area contributed by atoms with Gasteiger partial charge in [-0.3, -0.25) is 39.4 Å². The van der Waals surface area contributed by atoms with Gasteiger partial charge < -0.3 is 19.7 Å². The molecule has 0 spiro atoms. The third kappa shape index (κ3) is 10.8. The second-order valence-corrected chi connectivity index (χ2v) is 21.3. The SMILES string of the molecule is Cc1c(OCCC[C@@H]2CCN(CC(=O)Nc3ccc4c(C5CCC(=O)NC5=O)nn(C)c4c3)C2)cccc1-c1ccc(N2CCc3cccc(C(=O)Nc4nc5ccccc5s4)c3C2)nc1C(=O)OC(C)(C)C. The van der Waals surface area contributed by atoms with E-state index in [-0.39, 0.29) is 42.3 Å². The van der Waals surface area contributed by atoms with Crippen LogP contribution in [0.5, 0.6) is 5.75 Å². The number of ether oxygens (including phenoxy) is 2. The van der Waals surface area contributed by atoms with Crippen LogP contribution in [0.2, 0.25) is 0 Å². The molecule has 376 valence electrons. The van der Waals surface area contributed by atoms with Crippen LogP contribution in [0.25, 0.3) is 32.2 Å². The van der Waals surface area contributed by atoms with Gasteiger partial charge in [0.05, 0.1) is 40.5 Å². The van der Waals surface area contributed by atoms with Crippen molar-refractivity contribution in [2.75, 3.05) is 48.3 Å². The highest BCUT2D eigenvalue weighted by Crippen LogP contribution is 2.37. The Morgan fingerprint density at radius 2 is 1.73 bits per heavy atom. The van der Waals surface area contributed by atoms with Gasteiger partial charge in [0.1, 0.15) is 17.2 Å². The van der Waals surface area contributed by atoms with Crippen molar-refractivity contribution in [2.45, 2.75) is 84.3 Å². The van der Waals surface area contributed by atoms with Crippen LogP contribution in [0.15, 0.2) is 91.0 Å². The van der Waals surface area contributed by atoms with Crippen LogP contribution >= 0.6 is 11.3 Å². The number of amides is 4. The average molecular weight is 1000 g/mol. The van der Waals surface area contributed by atoms with Gasteiger partial charge in [0.25, 0.3) is 5.91 Å². The number of anilines is 3. The van der Waals surface area contributed by atoms with Gasteiger partial charge in [-0.25, -0.2) is 14.8 Å². The Kier molecular flexibility index (Phi) is 13.8. The third-order valence-corrected chi connectivity index (χ3v) is 14.8. The van der Waals surface area contributed by atoms with E-state index in [9.17, 15) is 24.0 Å². The summed E-state index contributed by atoms with van der Waals surface area (Å²) >= 11 is 1.44. The molecule has 6 heterocycles. The lowest BCUT2D eigenvalue weighted by Gasteiger charge is -2.31. The Morgan fingerprint density at radius 3 is 2.55 bits per heavy atom. The molecule has 0 bridgehead atoms. The van der Waals surface area contributed by atoms with Crippen molar-refractivity contribution in [1.29, 1.82) is 0 Å². The lowest BCUT2D eigenvalue weighted by atomic mass is 9.93. The van der Waals surface area contributed by atoms with E-state index in [1.807, 2.05) is 113 Å².